The van der Waals surface area contributed by atoms with E-state index in [2.05, 4.69) is 21.2 Å². The van der Waals surface area contributed by atoms with Gasteiger partial charge in [-0.3, -0.25) is 13.9 Å². The number of nitrogens with zero attached hydrogens (tertiary/aromatic N) is 2. The second kappa shape index (κ2) is 15.9. The third-order valence-corrected chi connectivity index (χ3v) is 9.60. The molecule has 0 bridgehead atoms. The van der Waals surface area contributed by atoms with E-state index in [0.29, 0.717) is 23.7 Å². The molecule has 0 spiro atoms. The molecule has 4 aromatic carbocycles. The minimum absolute atomic E-state index is 0.0314. The van der Waals surface area contributed by atoms with Crippen molar-refractivity contribution < 1.29 is 22.7 Å². The molecule has 0 aliphatic heterocycles. The summed E-state index contributed by atoms with van der Waals surface area (Å²) in [5.41, 5.74) is 1.84. The van der Waals surface area contributed by atoms with E-state index >= 15 is 0 Å². The first-order valence-corrected chi connectivity index (χ1v) is 17.0. The van der Waals surface area contributed by atoms with Gasteiger partial charge in [0, 0.05) is 29.0 Å². The SMILES string of the molecule is CCCNC(=O)[C@H](Cc1ccccc1)N(Cc1cccc(Br)c1)C(=O)CN(c1cccc(Cl)c1)S(=O)(=O)c1ccc(OC)cc1. The average Bonchev–Trinajstić information content (AvgIpc) is 3.04. The Morgan fingerprint density at radius 3 is 2.24 bits per heavy atom. The molecule has 1 atom stereocenters. The van der Waals surface area contributed by atoms with Crippen LogP contribution >= 0.6 is 27.5 Å². The van der Waals surface area contributed by atoms with Gasteiger partial charge in [-0.15, -0.1) is 0 Å². The molecule has 0 aliphatic carbocycles. The molecule has 0 radical (unpaired) electrons. The number of methoxy groups -OCH3 is 1. The fourth-order valence-electron chi connectivity index (χ4n) is 4.79. The Kier molecular flexibility index (Phi) is 12.0. The van der Waals surface area contributed by atoms with Gasteiger partial charge in [-0.25, -0.2) is 8.42 Å². The lowest BCUT2D eigenvalue weighted by molar-refractivity contribution is -0.140. The van der Waals surface area contributed by atoms with Crippen LogP contribution in [0.4, 0.5) is 5.69 Å². The summed E-state index contributed by atoms with van der Waals surface area (Å²) in [5, 5.41) is 3.25. The minimum Gasteiger partial charge on any atom is -0.497 e. The molecule has 0 unspecified atom stereocenters. The van der Waals surface area contributed by atoms with E-state index in [1.54, 1.807) is 30.3 Å². The van der Waals surface area contributed by atoms with Crippen LogP contribution in [-0.2, 0) is 32.6 Å². The molecule has 0 fully saturated rings. The number of carbonyl (C=O) groups excluding carboxylic acids is 2. The van der Waals surface area contributed by atoms with Gasteiger partial charge in [-0.1, -0.05) is 83.0 Å². The molecule has 0 saturated carbocycles. The zero-order valence-electron chi connectivity index (χ0n) is 25.0. The van der Waals surface area contributed by atoms with Crippen LogP contribution in [0.25, 0.3) is 0 Å². The largest absolute Gasteiger partial charge is 0.497 e. The Labute approximate surface area is 278 Å². The number of amides is 2. The molecule has 8 nitrogen and oxygen atoms in total. The number of carbonyl (C=O) groups is 2. The fraction of sp³-hybridized carbons (Fsp3) is 0.235. The van der Waals surface area contributed by atoms with Gasteiger partial charge in [-0.05, 0) is 72.1 Å². The third-order valence-electron chi connectivity index (χ3n) is 7.08. The van der Waals surface area contributed by atoms with E-state index in [1.807, 2.05) is 61.5 Å². The Morgan fingerprint density at radius 1 is 0.911 bits per heavy atom. The number of hydrogen-bond acceptors (Lipinski definition) is 5. The summed E-state index contributed by atoms with van der Waals surface area (Å²) < 4.78 is 35.3. The molecular formula is C34H35BrClN3O5S. The molecule has 4 rings (SSSR count). The summed E-state index contributed by atoms with van der Waals surface area (Å²) in [6.07, 6.45) is 0.949. The Balaban J connectivity index is 1.80. The van der Waals surface area contributed by atoms with Crippen molar-refractivity contribution in [3.05, 3.63) is 124 Å². The normalized spacial score (nSPS) is 11.8. The van der Waals surface area contributed by atoms with Crippen molar-refractivity contribution in [3.8, 4) is 5.75 Å². The van der Waals surface area contributed by atoms with Crippen LogP contribution in [-0.4, -0.2) is 51.4 Å². The van der Waals surface area contributed by atoms with Gasteiger partial charge in [0.1, 0.15) is 18.3 Å². The zero-order valence-corrected chi connectivity index (χ0v) is 28.2. The highest BCUT2D eigenvalue weighted by atomic mass is 79.9. The first kappa shape index (κ1) is 34.0. The molecule has 0 heterocycles. The van der Waals surface area contributed by atoms with Gasteiger partial charge < -0.3 is 15.0 Å². The molecule has 0 aromatic heterocycles. The third kappa shape index (κ3) is 9.09. The van der Waals surface area contributed by atoms with Crippen molar-refractivity contribution in [1.82, 2.24) is 10.2 Å². The highest BCUT2D eigenvalue weighted by molar-refractivity contribution is 9.10. The van der Waals surface area contributed by atoms with Crippen LogP contribution in [0.5, 0.6) is 5.75 Å². The highest BCUT2D eigenvalue weighted by Gasteiger charge is 2.34. The summed E-state index contributed by atoms with van der Waals surface area (Å²) in [6.45, 7) is 1.88. The van der Waals surface area contributed by atoms with Gasteiger partial charge in [0.15, 0.2) is 0 Å². The second-order valence-electron chi connectivity index (χ2n) is 10.3. The molecule has 2 amide bonds. The predicted octanol–water partition coefficient (Wildman–Crippen LogP) is 6.47. The molecular weight excluding hydrogens is 678 g/mol. The van der Waals surface area contributed by atoms with Crippen molar-refractivity contribution in [1.29, 1.82) is 0 Å². The number of nitrogens with one attached hydrogen (secondary N) is 1. The van der Waals surface area contributed by atoms with Gasteiger partial charge in [0.25, 0.3) is 10.0 Å². The number of sulfonamides is 1. The quantitative estimate of drug-likeness (QED) is 0.162. The lowest BCUT2D eigenvalue weighted by Crippen LogP contribution is -2.53. The van der Waals surface area contributed by atoms with Crippen LogP contribution in [0.3, 0.4) is 0 Å². The molecule has 4 aromatic rings. The highest BCUT2D eigenvalue weighted by Crippen LogP contribution is 2.28. The number of hydrogen-bond donors (Lipinski definition) is 1. The van der Waals surface area contributed by atoms with Crippen molar-refractivity contribution >= 4 is 55.1 Å². The number of rotatable bonds is 14. The Bertz CT molecular complexity index is 1700. The van der Waals surface area contributed by atoms with Gasteiger partial charge in [0.2, 0.25) is 11.8 Å². The maximum absolute atomic E-state index is 14.5. The molecule has 45 heavy (non-hydrogen) atoms. The fourth-order valence-corrected chi connectivity index (χ4v) is 6.82. The van der Waals surface area contributed by atoms with E-state index in [1.165, 1.54) is 30.2 Å². The Hall–Kier alpha value is -3.86. The van der Waals surface area contributed by atoms with E-state index in [9.17, 15) is 18.0 Å². The monoisotopic (exact) mass is 711 g/mol. The van der Waals surface area contributed by atoms with Crippen LogP contribution in [0.15, 0.2) is 112 Å². The van der Waals surface area contributed by atoms with Crippen molar-refractivity contribution in [3.63, 3.8) is 0 Å². The lowest BCUT2D eigenvalue weighted by Gasteiger charge is -2.34. The van der Waals surface area contributed by atoms with Crippen LogP contribution in [0.1, 0.15) is 24.5 Å². The Morgan fingerprint density at radius 2 is 1.60 bits per heavy atom. The van der Waals surface area contributed by atoms with Crippen LogP contribution in [0.2, 0.25) is 5.02 Å². The second-order valence-corrected chi connectivity index (χ2v) is 13.5. The van der Waals surface area contributed by atoms with E-state index < -0.39 is 28.5 Å². The first-order chi connectivity index (χ1) is 21.6. The maximum Gasteiger partial charge on any atom is 0.264 e. The van der Waals surface area contributed by atoms with Crippen LogP contribution < -0.4 is 14.4 Å². The van der Waals surface area contributed by atoms with Gasteiger partial charge in [0.05, 0.1) is 17.7 Å². The first-order valence-electron chi connectivity index (χ1n) is 14.4. The zero-order chi connectivity index (χ0) is 32.4. The number of benzene rings is 4. The van der Waals surface area contributed by atoms with Gasteiger partial charge >= 0.3 is 0 Å². The summed E-state index contributed by atoms with van der Waals surface area (Å²) >= 11 is 9.78. The van der Waals surface area contributed by atoms with E-state index in [-0.39, 0.29) is 29.5 Å². The van der Waals surface area contributed by atoms with Crippen molar-refractivity contribution in [2.45, 2.75) is 37.2 Å². The topological polar surface area (TPSA) is 96.0 Å². The van der Waals surface area contributed by atoms with Gasteiger partial charge in [-0.2, -0.15) is 0 Å². The molecule has 11 heteroatoms. The summed E-state index contributed by atoms with van der Waals surface area (Å²) in [5.74, 6) is -0.391. The van der Waals surface area contributed by atoms with E-state index in [0.717, 1.165) is 19.9 Å². The average molecular weight is 713 g/mol. The predicted molar refractivity (Wildman–Crippen MR) is 181 cm³/mol. The van der Waals surface area contributed by atoms with Crippen molar-refractivity contribution in [2.75, 3.05) is 24.5 Å². The standard InChI is InChI=1S/C34H35BrClN3O5S/c1-3-19-37-34(41)32(21-25-9-5-4-6-10-25)38(23-26-11-7-12-27(35)20-26)33(40)24-39(29-14-8-13-28(36)22-29)45(42,43)31-17-15-30(44-2)16-18-31/h4-18,20,22,32H,3,19,21,23-24H2,1-2H3,(H,37,41)/t32-/m0/s1. The molecule has 0 saturated heterocycles. The summed E-state index contributed by atoms with van der Waals surface area (Å²) in [4.78, 5) is 29.6. The smallest absolute Gasteiger partial charge is 0.264 e. The van der Waals surface area contributed by atoms with E-state index in [4.69, 9.17) is 16.3 Å². The molecule has 0 aliphatic rings. The number of halogens is 2. The lowest BCUT2D eigenvalue weighted by atomic mass is 10.0. The molecule has 236 valence electrons. The maximum atomic E-state index is 14.5. The van der Waals surface area contributed by atoms with Crippen LogP contribution in [0, 0.1) is 0 Å². The molecule has 1 N–H and O–H groups in total. The summed E-state index contributed by atoms with van der Waals surface area (Å²) in [6, 6.07) is 28.2. The summed E-state index contributed by atoms with van der Waals surface area (Å²) in [7, 11) is -2.77. The minimum atomic E-state index is -4.26. The number of ether oxygens (including phenoxy) is 1. The van der Waals surface area contributed by atoms with Crippen molar-refractivity contribution in [2.24, 2.45) is 0 Å². The number of anilines is 1.